The van der Waals surface area contributed by atoms with Crippen LogP contribution in [0.2, 0.25) is 5.02 Å². The number of carboxylic acids is 1. The van der Waals surface area contributed by atoms with E-state index in [1.807, 2.05) is 12.1 Å². The first-order valence-corrected chi connectivity index (χ1v) is 20.4. The normalized spacial score (nSPS) is 12.5. The Morgan fingerprint density at radius 2 is 1.57 bits per heavy atom. The van der Waals surface area contributed by atoms with Crippen LogP contribution in [-0.2, 0) is 32.3 Å². The monoisotopic (exact) mass is 891 g/mol. The van der Waals surface area contributed by atoms with Gasteiger partial charge >= 0.3 is 5.97 Å². The number of carbonyl (C=O) groups excluding carboxylic acids is 1. The number of nitrogens with zero attached hydrogens (tertiary/aromatic N) is 3. The van der Waals surface area contributed by atoms with Crippen molar-refractivity contribution < 1.29 is 60.0 Å². The molecule has 60 heavy (non-hydrogen) atoms. The molecule has 4 aromatic carbocycles. The van der Waals surface area contributed by atoms with Crippen LogP contribution in [0, 0.1) is 0 Å². The molecule has 0 saturated carbocycles. The van der Waals surface area contributed by atoms with E-state index in [1.54, 1.807) is 12.1 Å². The average molecular weight is 892 g/mol. The Morgan fingerprint density at radius 3 is 2.23 bits per heavy atom. The molecule has 3 aliphatic rings. The molecule has 0 fully saturated rings. The number of aromatic carboxylic acids is 1. The Labute approximate surface area is 363 Å². The molecular weight excluding hydrogens is 848 g/mol. The van der Waals surface area contributed by atoms with Gasteiger partial charge < -0.3 is 25.0 Å². The molecule has 13 nitrogen and oxygen atoms in total. The predicted octanol–water partition coefficient (Wildman–Crippen LogP) is 7.44. The molecule has 0 radical (unpaired) electrons. The van der Waals surface area contributed by atoms with Gasteiger partial charge in [-0.05, 0) is 99.5 Å². The minimum Gasteiger partial charge on any atom is -0.506 e. The van der Waals surface area contributed by atoms with Crippen molar-refractivity contribution in [2.24, 2.45) is 5.10 Å². The number of phenolic OH excluding ortho intramolecular Hbond substituents is 1. The molecule has 0 aromatic heterocycles. The van der Waals surface area contributed by atoms with E-state index in [1.165, 1.54) is 48.6 Å². The number of hydrazone groups is 1. The second kappa shape index (κ2) is 20.0. The quantitative estimate of drug-likeness (QED) is 0.0352. The van der Waals surface area contributed by atoms with Gasteiger partial charge in [0.2, 0.25) is 11.1 Å². The van der Waals surface area contributed by atoms with Gasteiger partial charge in [0.25, 0.3) is 10.1 Å². The maximum absolute atomic E-state index is 12.1. The summed E-state index contributed by atoms with van der Waals surface area (Å²) in [5.74, 6) is -0.693. The Hall–Kier alpha value is -5.79. The van der Waals surface area contributed by atoms with E-state index in [-0.39, 0.29) is 50.4 Å². The Balaban J connectivity index is 0.000000265. The van der Waals surface area contributed by atoms with Crippen molar-refractivity contribution in [3.8, 4) is 28.2 Å². The van der Waals surface area contributed by atoms with Crippen molar-refractivity contribution in [2.75, 3.05) is 36.5 Å². The summed E-state index contributed by atoms with van der Waals surface area (Å²) >= 11 is 5.85. The third-order valence-electron chi connectivity index (χ3n) is 9.84. The summed E-state index contributed by atoms with van der Waals surface area (Å²) in [6.45, 7) is 12.1. The number of nitrogens with one attached hydrogen (secondary N) is 1. The molecule has 1 aliphatic heterocycles. The first-order chi connectivity index (χ1) is 27.8. The van der Waals surface area contributed by atoms with Crippen molar-refractivity contribution >= 4 is 67.6 Å². The van der Waals surface area contributed by atoms with Crippen LogP contribution in [0.3, 0.4) is 0 Å². The molecule has 6 N–H and O–H groups in total. The smallest absolute Gasteiger partial charge is 0.336 e. The fourth-order valence-corrected chi connectivity index (χ4v) is 7.57. The topological polar surface area (TPSA) is 204 Å². The SMILES string of the molecule is CCN(CC)c1ccc2c(-c3ccccc3C(=O)O)c3ccc(=[N+](CC)CC)cc-3oc2c1.O.O=C1C=Cc2cc(S(=O)(=O)O)ccc2/C1=N/Nc1cc(Cl)ccc1O.[Cr]. The standard InChI is InChI=1S/C28H30N2O3.C16H11ClN2O5S.Cr.H2O/c1-5-29(6-2)19-13-15-23-25(17-19)33-26-18-20(30(7-3)8-4)14-16-24(26)27(23)21-11-9-10-12-22(21)28(31)32;17-10-2-6-14(20)13(8-10)18-19-16-12-4-3-11(25(22,23)24)7-9(12)1-5-15(16)21;;/h9-18H,5-8H2,1-4H3;1-8,18,20H,(H,22,23,24);;1H2/p+1/b;19-16-;;. The number of ketones is 1. The largest absolute Gasteiger partial charge is 0.506 e. The van der Waals surface area contributed by atoms with Crippen molar-refractivity contribution in [3.05, 3.63) is 130 Å². The number of hydrogen-bond acceptors (Lipinski definition) is 9. The number of aromatic hydroxyl groups is 1. The number of carbonyl (C=O) groups is 2. The number of anilines is 2. The molecule has 0 amide bonds. The van der Waals surface area contributed by atoms with Gasteiger partial charge in [0.15, 0.2) is 0 Å². The summed E-state index contributed by atoms with van der Waals surface area (Å²) in [4.78, 5) is 26.2. The molecule has 16 heteroatoms. The molecule has 0 spiro atoms. The van der Waals surface area contributed by atoms with Crippen LogP contribution in [0.5, 0.6) is 5.75 Å². The Kier molecular flexibility index (Phi) is 15.6. The molecule has 0 atom stereocenters. The third kappa shape index (κ3) is 9.97. The summed E-state index contributed by atoms with van der Waals surface area (Å²) in [7, 11) is -4.35. The van der Waals surface area contributed by atoms with Gasteiger partial charge in [-0.2, -0.15) is 13.5 Å². The molecule has 0 saturated heterocycles. The summed E-state index contributed by atoms with van der Waals surface area (Å²) in [5, 5.41) is 26.0. The van der Waals surface area contributed by atoms with E-state index in [0.29, 0.717) is 21.7 Å². The van der Waals surface area contributed by atoms with Gasteiger partial charge in [0.05, 0.1) is 22.2 Å². The summed E-state index contributed by atoms with van der Waals surface area (Å²) in [5.41, 5.74) is 8.21. The number of phenols is 1. The molecule has 4 aromatic rings. The summed E-state index contributed by atoms with van der Waals surface area (Å²) < 4.78 is 40.3. The van der Waals surface area contributed by atoms with Crippen molar-refractivity contribution in [1.29, 1.82) is 0 Å². The average Bonchev–Trinajstić information content (AvgIpc) is 3.21. The van der Waals surface area contributed by atoms with E-state index >= 15 is 0 Å². The van der Waals surface area contributed by atoms with Crippen molar-refractivity contribution in [3.63, 3.8) is 0 Å². The van der Waals surface area contributed by atoms with E-state index in [2.05, 4.69) is 84.1 Å². The Morgan fingerprint density at radius 1 is 0.867 bits per heavy atom. The second-order valence-corrected chi connectivity index (χ2v) is 15.0. The molecular formula is C44H44ClCrN4O9S+. The zero-order valence-electron chi connectivity index (χ0n) is 33.1. The van der Waals surface area contributed by atoms with Crippen LogP contribution in [-0.4, -0.2) is 72.3 Å². The number of halogens is 1. The van der Waals surface area contributed by atoms with E-state index in [4.69, 9.17) is 20.6 Å². The number of rotatable bonds is 10. The maximum atomic E-state index is 12.1. The van der Waals surface area contributed by atoms with Crippen LogP contribution < -0.4 is 20.3 Å². The number of allylic oxidation sites excluding steroid dienone is 1. The van der Waals surface area contributed by atoms with Gasteiger partial charge in [-0.15, -0.1) is 0 Å². The summed E-state index contributed by atoms with van der Waals surface area (Å²) in [6, 6.07) is 27.7. The minimum absolute atomic E-state index is 0. The van der Waals surface area contributed by atoms with Crippen LogP contribution >= 0.6 is 11.6 Å². The Bertz CT molecular complexity index is 2780. The van der Waals surface area contributed by atoms with Gasteiger partial charge in [-0.3, -0.25) is 14.8 Å². The minimum atomic E-state index is -4.35. The van der Waals surface area contributed by atoms with Crippen LogP contribution in [0.15, 0.2) is 118 Å². The number of hydrogen-bond donors (Lipinski definition) is 4. The summed E-state index contributed by atoms with van der Waals surface area (Å²) in [6.07, 6.45) is 2.66. The molecule has 0 unspecified atom stereocenters. The zero-order chi connectivity index (χ0) is 41.7. The van der Waals surface area contributed by atoms with Gasteiger partial charge in [0, 0.05) is 75.4 Å². The zero-order valence-corrected chi connectivity index (χ0v) is 36.0. The van der Waals surface area contributed by atoms with Gasteiger partial charge in [0.1, 0.15) is 35.9 Å². The van der Waals surface area contributed by atoms with Crippen molar-refractivity contribution in [2.45, 2.75) is 32.6 Å². The molecule has 0 bridgehead atoms. The van der Waals surface area contributed by atoms with Crippen LogP contribution in [0.25, 0.3) is 39.5 Å². The van der Waals surface area contributed by atoms with E-state index in [9.17, 15) is 28.2 Å². The van der Waals surface area contributed by atoms with Gasteiger partial charge in [-0.1, -0.05) is 41.9 Å². The number of benzene rings is 5. The molecule has 1 heterocycles. The number of fused-ring (bicyclic) bond motifs is 3. The maximum Gasteiger partial charge on any atom is 0.336 e. The van der Waals surface area contributed by atoms with Crippen molar-refractivity contribution in [1.82, 2.24) is 4.58 Å². The van der Waals surface area contributed by atoms with E-state index in [0.717, 1.165) is 65.1 Å². The first kappa shape index (κ1) is 46.9. The first-order valence-electron chi connectivity index (χ1n) is 18.6. The third-order valence-corrected chi connectivity index (χ3v) is 10.9. The van der Waals surface area contributed by atoms with Crippen LogP contribution in [0.1, 0.15) is 49.2 Å². The molecule has 7 rings (SSSR count). The second-order valence-electron chi connectivity index (χ2n) is 13.2. The molecule has 2 aliphatic carbocycles. The predicted molar refractivity (Wildman–Crippen MR) is 232 cm³/mol. The fraction of sp³-hybridized carbons (Fsp3) is 0.182. The molecule has 312 valence electrons. The van der Waals surface area contributed by atoms with E-state index < -0.39 is 21.9 Å². The van der Waals surface area contributed by atoms with Crippen LogP contribution in [0.4, 0.5) is 11.4 Å². The number of carboxylic acid groups (broad SMARTS) is 1. The fourth-order valence-electron chi connectivity index (χ4n) is 6.88. The van der Waals surface area contributed by atoms with Gasteiger partial charge in [-0.25, -0.2) is 9.37 Å².